The Morgan fingerprint density at radius 3 is 2.96 bits per heavy atom. The summed E-state index contributed by atoms with van der Waals surface area (Å²) in [5.41, 5.74) is 7.52. The summed E-state index contributed by atoms with van der Waals surface area (Å²) in [7, 11) is 0. The number of para-hydroxylation sites is 1. The van der Waals surface area contributed by atoms with E-state index in [1.54, 1.807) is 0 Å². The first-order chi connectivity index (χ1) is 12.1. The number of nitrogens with two attached hydrogens (primary N) is 1. The summed E-state index contributed by atoms with van der Waals surface area (Å²) in [6, 6.07) is 9.43. The maximum Gasteiger partial charge on any atom is 0.245 e. The standard InChI is InChI=1S/C18H17N5O2/c1-2-3-7-13-14-16(23-22-13)25-15(20)11(9-19)18(14)10-6-4-5-8-12(10)21-17(18)24/h4-6,8H,2-3,7,20H2,1H3,(H,21,24)(H,22,23). The van der Waals surface area contributed by atoms with Gasteiger partial charge >= 0.3 is 0 Å². The smallest absolute Gasteiger partial charge is 0.245 e. The second-order valence-corrected chi connectivity index (χ2v) is 6.19. The van der Waals surface area contributed by atoms with Crippen LogP contribution in [-0.4, -0.2) is 16.1 Å². The Bertz CT molecular complexity index is 953. The van der Waals surface area contributed by atoms with Crippen molar-refractivity contribution >= 4 is 11.6 Å². The number of aryl methyl sites for hydroxylation is 1. The monoisotopic (exact) mass is 335 g/mol. The highest BCUT2D eigenvalue weighted by Gasteiger charge is 2.58. The van der Waals surface area contributed by atoms with Crippen molar-refractivity contribution in [3.8, 4) is 11.9 Å². The van der Waals surface area contributed by atoms with Gasteiger partial charge in [0.05, 0.1) is 5.56 Å². The van der Waals surface area contributed by atoms with Gasteiger partial charge in [-0.15, -0.1) is 5.10 Å². The van der Waals surface area contributed by atoms with Crippen LogP contribution in [0.2, 0.25) is 0 Å². The average molecular weight is 335 g/mol. The second kappa shape index (κ2) is 5.38. The number of aromatic amines is 1. The van der Waals surface area contributed by atoms with Crippen molar-refractivity contribution in [3.63, 3.8) is 0 Å². The van der Waals surface area contributed by atoms with Gasteiger partial charge in [-0.05, 0) is 18.9 Å². The number of ether oxygens (including phenoxy) is 1. The van der Waals surface area contributed by atoms with Crippen molar-refractivity contribution in [1.82, 2.24) is 10.2 Å². The summed E-state index contributed by atoms with van der Waals surface area (Å²) >= 11 is 0. The lowest BCUT2D eigenvalue weighted by Gasteiger charge is -2.31. The van der Waals surface area contributed by atoms with Gasteiger partial charge in [-0.25, -0.2) is 0 Å². The summed E-state index contributed by atoms with van der Waals surface area (Å²) in [5, 5.41) is 19.8. The lowest BCUT2D eigenvalue weighted by atomic mass is 9.68. The van der Waals surface area contributed by atoms with Gasteiger partial charge in [-0.1, -0.05) is 31.5 Å². The number of nitrogens with zero attached hydrogens (tertiary/aromatic N) is 2. The maximum atomic E-state index is 13.2. The predicted octanol–water partition coefficient (Wildman–Crippen LogP) is 2.08. The second-order valence-electron chi connectivity index (χ2n) is 6.19. The lowest BCUT2D eigenvalue weighted by molar-refractivity contribution is -0.118. The molecule has 0 bridgehead atoms. The molecule has 0 saturated carbocycles. The molecule has 2 aromatic rings. The van der Waals surface area contributed by atoms with Crippen molar-refractivity contribution in [1.29, 1.82) is 5.26 Å². The molecule has 1 aromatic heterocycles. The van der Waals surface area contributed by atoms with Gasteiger partial charge in [0.15, 0.2) is 0 Å². The molecule has 4 rings (SSSR count). The maximum absolute atomic E-state index is 13.2. The van der Waals surface area contributed by atoms with Gasteiger partial charge in [-0.3, -0.25) is 9.89 Å². The predicted molar refractivity (Wildman–Crippen MR) is 90.5 cm³/mol. The molecule has 7 heteroatoms. The zero-order valence-corrected chi connectivity index (χ0v) is 13.7. The van der Waals surface area contributed by atoms with E-state index in [-0.39, 0.29) is 23.2 Å². The van der Waals surface area contributed by atoms with Crippen LogP contribution in [0.3, 0.4) is 0 Å². The molecule has 1 spiro atoms. The van der Waals surface area contributed by atoms with E-state index in [9.17, 15) is 10.1 Å². The Balaban J connectivity index is 2.06. The number of carbonyl (C=O) groups excluding carboxylic acids is 1. The Kier molecular flexibility index (Phi) is 3.29. The van der Waals surface area contributed by atoms with Crippen molar-refractivity contribution in [3.05, 3.63) is 52.5 Å². The number of rotatable bonds is 3. The van der Waals surface area contributed by atoms with E-state index in [0.717, 1.165) is 18.5 Å². The number of benzene rings is 1. The third kappa shape index (κ3) is 1.85. The molecule has 1 atom stereocenters. The van der Waals surface area contributed by atoms with Crippen LogP contribution >= 0.6 is 0 Å². The Morgan fingerprint density at radius 2 is 2.20 bits per heavy atom. The fourth-order valence-corrected chi connectivity index (χ4v) is 3.71. The number of fused-ring (bicyclic) bond motifs is 4. The number of anilines is 1. The summed E-state index contributed by atoms with van der Waals surface area (Å²) in [6.45, 7) is 2.09. The largest absolute Gasteiger partial charge is 0.420 e. The van der Waals surface area contributed by atoms with Crippen LogP contribution in [0.5, 0.6) is 5.88 Å². The summed E-state index contributed by atoms with van der Waals surface area (Å²) in [4.78, 5) is 13.2. The topological polar surface area (TPSA) is 117 Å². The quantitative estimate of drug-likeness (QED) is 0.794. The molecule has 25 heavy (non-hydrogen) atoms. The third-order valence-corrected chi connectivity index (χ3v) is 4.82. The minimum Gasteiger partial charge on any atom is -0.420 e. The SMILES string of the molecule is CCCCc1[nH]nc2c1C1(C(=O)Nc3ccccc31)C(C#N)=C(N)O2. The van der Waals surface area contributed by atoms with E-state index < -0.39 is 5.41 Å². The molecule has 7 nitrogen and oxygen atoms in total. The van der Waals surface area contributed by atoms with Crippen LogP contribution in [0.1, 0.15) is 36.6 Å². The number of hydrogen-bond acceptors (Lipinski definition) is 5. The Morgan fingerprint density at radius 1 is 1.40 bits per heavy atom. The lowest BCUT2D eigenvalue weighted by Crippen LogP contribution is -2.42. The van der Waals surface area contributed by atoms with Crippen molar-refractivity contribution < 1.29 is 9.53 Å². The van der Waals surface area contributed by atoms with E-state index in [2.05, 4.69) is 28.5 Å². The van der Waals surface area contributed by atoms with E-state index >= 15 is 0 Å². The van der Waals surface area contributed by atoms with Gasteiger partial charge < -0.3 is 15.8 Å². The van der Waals surface area contributed by atoms with E-state index in [1.807, 2.05) is 24.3 Å². The van der Waals surface area contributed by atoms with Gasteiger partial charge in [0.25, 0.3) is 0 Å². The highest BCUT2D eigenvalue weighted by atomic mass is 16.5. The molecule has 0 radical (unpaired) electrons. The van der Waals surface area contributed by atoms with Gasteiger partial charge in [0.2, 0.25) is 17.7 Å². The number of carbonyl (C=O) groups is 1. The molecule has 3 heterocycles. The zero-order chi connectivity index (χ0) is 17.6. The summed E-state index contributed by atoms with van der Waals surface area (Å²) in [6.07, 6.45) is 2.63. The van der Waals surface area contributed by atoms with E-state index in [1.165, 1.54) is 0 Å². The summed E-state index contributed by atoms with van der Waals surface area (Å²) < 4.78 is 5.56. The van der Waals surface area contributed by atoms with Crippen LogP contribution in [0.25, 0.3) is 0 Å². The normalized spacial score (nSPS) is 20.7. The minimum absolute atomic E-state index is 0.0876. The van der Waals surface area contributed by atoms with Gasteiger partial charge in [0.1, 0.15) is 17.1 Å². The van der Waals surface area contributed by atoms with Crippen molar-refractivity contribution in [2.45, 2.75) is 31.6 Å². The molecule has 4 N–H and O–H groups in total. The Labute approximate surface area is 144 Å². The molecule has 0 saturated heterocycles. The van der Waals surface area contributed by atoms with Crippen molar-refractivity contribution in [2.24, 2.45) is 5.73 Å². The van der Waals surface area contributed by atoms with Crippen LogP contribution in [0.4, 0.5) is 5.69 Å². The van der Waals surface area contributed by atoms with E-state index in [0.29, 0.717) is 23.2 Å². The van der Waals surface area contributed by atoms with Gasteiger partial charge in [-0.2, -0.15) is 5.26 Å². The van der Waals surface area contributed by atoms with Gasteiger partial charge in [0, 0.05) is 16.9 Å². The number of aromatic nitrogens is 2. The number of nitrogens with one attached hydrogen (secondary N) is 2. The number of unbranched alkanes of at least 4 members (excludes halogenated alkanes) is 1. The molecule has 1 unspecified atom stereocenters. The molecular formula is C18H17N5O2. The van der Waals surface area contributed by atoms with E-state index in [4.69, 9.17) is 10.5 Å². The van der Waals surface area contributed by atoms with Crippen LogP contribution in [-0.2, 0) is 16.6 Å². The molecule has 2 aliphatic heterocycles. The number of nitriles is 1. The molecule has 1 amide bonds. The molecule has 0 fully saturated rings. The van der Waals surface area contributed by atoms with Crippen LogP contribution in [0.15, 0.2) is 35.7 Å². The fraction of sp³-hybridized carbons (Fsp3) is 0.278. The fourth-order valence-electron chi connectivity index (χ4n) is 3.71. The highest BCUT2D eigenvalue weighted by molar-refractivity contribution is 6.12. The molecule has 126 valence electrons. The number of amides is 1. The molecule has 1 aromatic carbocycles. The first-order valence-corrected chi connectivity index (χ1v) is 8.21. The number of hydrogen-bond donors (Lipinski definition) is 3. The molecular weight excluding hydrogens is 318 g/mol. The molecule has 0 aliphatic carbocycles. The minimum atomic E-state index is -1.32. The third-order valence-electron chi connectivity index (χ3n) is 4.82. The van der Waals surface area contributed by atoms with Crippen molar-refractivity contribution in [2.75, 3.05) is 5.32 Å². The zero-order valence-electron chi connectivity index (χ0n) is 13.7. The molecule has 2 aliphatic rings. The number of H-pyrrole nitrogens is 1. The van der Waals surface area contributed by atoms with Crippen LogP contribution < -0.4 is 15.8 Å². The van der Waals surface area contributed by atoms with Crippen LogP contribution in [0, 0.1) is 11.3 Å². The highest BCUT2D eigenvalue weighted by Crippen LogP contribution is 2.53. The Hall–Kier alpha value is -3.27. The average Bonchev–Trinajstić information content (AvgIpc) is 3.13. The summed E-state index contributed by atoms with van der Waals surface area (Å²) in [5.74, 6) is -0.137. The first-order valence-electron chi connectivity index (χ1n) is 8.21. The first kappa shape index (κ1) is 15.3.